The van der Waals surface area contributed by atoms with Gasteiger partial charge < -0.3 is 4.79 Å². The lowest BCUT2D eigenvalue weighted by atomic mass is 9.99. The molecule has 1 heteroatoms. The fraction of sp³-hybridized carbons (Fsp3) is 0.750. The summed E-state index contributed by atoms with van der Waals surface area (Å²) >= 11 is 0. The second-order valence-corrected chi connectivity index (χ2v) is 3.93. The summed E-state index contributed by atoms with van der Waals surface area (Å²) in [7, 11) is 0. The largest absolute Gasteiger partial charge is 0.300 e. The molecule has 0 aliphatic carbocycles. The van der Waals surface area contributed by atoms with Crippen LogP contribution >= 0.6 is 0 Å². The number of carbonyl (C=O) groups excluding carboxylic acids is 1. The van der Waals surface area contributed by atoms with E-state index in [-0.39, 0.29) is 0 Å². The van der Waals surface area contributed by atoms with Crippen molar-refractivity contribution in [1.82, 2.24) is 0 Å². The maximum atomic E-state index is 10.6. The fourth-order valence-corrected chi connectivity index (χ4v) is 1.45. The van der Waals surface area contributed by atoms with Gasteiger partial charge in [-0.3, -0.25) is 0 Å². The summed E-state index contributed by atoms with van der Waals surface area (Å²) in [5.74, 6) is 1.08. The highest BCUT2D eigenvalue weighted by molar-refractivity contribution is 5.75. The first-order valence-corrected chi connectivity index (χ1v) is 5.27. The van der Waals surface area contributed by atoms with E-state index in [4.69, 9.17) is 0 Å². The molecule has 0 heterocycles. The van der Waals surface area contributed by atoms with Gasteiger partial charge in [0.25, 0.3) is 0 Å². The van der Waals surface area contributed by atoms with Gasteiger partial charge in [0.1, 0.15) is 5.78 Å². The van der Waals surface area contributed by atoms with Crippen molar-refractivity contribution < 1.29 is 4.79 Å². The van der Waals surface area contributed by atoms with Crippen LogP contribution in [0.2, 0.25) is 0 Å². The Morgan fingerprint density at radius 1 is 1.38 bits per heavy atom. The van der Waals surface area contributed by atoms with E-state index < -0.39 is 0 Å². The van der Waals surface area contributed by atoms with Crippen LogP contribution in [0.4, 0.5) is 0 Å². The van der Waals surface area contributed by atoms with Crippen LogP contribution in [0.25, 0.3) is 0 Å². The van der Waals surface area contributed by atoms with Crippen molar-refractivity contribution in [3.05, 3.63) is 12.7 Å². The van der Waals surface area contributed by atoms with Crippen LogP contribution in [0, 0.1) is 5.92 Å². The van der Waals surface area contributed by atoms with E-state index in [0.717, 1.165) is 25.2 Å². The Kier molecular flexibility index (Phi) is 7.66. The number of rotatable bonds is 8. The summed E-state index contributed by atoms with van der Waals surface area (Å²) in [6.45, 7) is 7.65. The minimum Gasteiger partial charge on any atom is -0.300 e. The molecular formula is C12H22O. The van der Waals surface area contributed by atoms with Gasteiger partial charge in [0.15, 0.2) is 0 Å². The minimum atomic E-state index is 0.319. The van der Waals surface area contributed by atoms with Gasteiger partial charge in [-0.25, -0.2) is 0 Å². The van der Waals surface area contributed by atoms with Gasteiger partial charge in [-0.2, -0.15) is 0 Å². The number of carbonyl (C=O) groups is 1. The lowest BCUT2D eigenvalue weighted by Crippen LogP contribution is -1.94. The number of hydrogen-bond acceptors (Lipinski definition) is 1. The van der Waals surface area contributed by atoms with Crippen molar-refractivity contribution in [2.24, 2.45) is 5.92 Å². The predicted molar refractivity (Wildman–Crippen MR) is 57.7 cm³/mol. The van der Waals surface area contributed by atoms with Crippen molar-refractivity contribution in [3.8, 4) is 0 Å². The molecule has 0 aliphatic rings. The Labute approximate surface area is 82.2 Å². The van der Waals surface area contributed by atoms with Crippen LogP contribution in [0.1, 0.15) is 52.4 Å². The van der Waals surface area contributed by atoms with Crippen molar-refractivity contribution in [2.45, 2.75) is 52.4 Å². The summed E-state index contributed by atoms with van der Waals surface area (Å²) in [5, 5.41) is 0. The smallest absolute Gasteiger partial charge is 0.129 e. The molecule has 0 amide bonds. The molecule has 0 bridgehead atoms. The highest BCUT2D eigenvalue weighted by Crippen LogP contribution is 2.13. The van der Waals surface area contributed by atoms with Crippen LogP contribution in [0.3, 0.4) is 0 Å². The second-order valence-electron chi connectivity index (χ2n) is 3.93. The molecule has 0 aliphatic heterocycles. The molecule has 0 spiro atoms. The molecule has 0 rings (SSSR count). The first kappa shape index (κ1) is 12.4. The van der Waals surface area contributed by atoms with E-state index in [9.17, 15) is 4.79 Å². The van der Waals surface area contributed by atoms with Gasteiger partial charge in [0.2, 0.25) is 0 Å². The molecule has 13 heavy (non-hydrogen) atoms. The molecule has 0 unspecified atom stereocenters. The molecule has 0 aromatic carbocycles. The molecule has 1 atom stereocenters. The highest BCUT2D eigenvalue weighted by Gasteiger charge is 1.99. The summed E-state index contributed by atoms with van der Waals surface area (Å²) in [6.07, 6.45) is 8.65. The zero-order valence-corrected chi connectivity index (χ0v) is 9.01. The molecule has 0 fully saturated rings. The van der Waals surface area contributed by atoms with Gasteiger partial charge >= 0.3 is 0 Å². The minimum absolute atomic E-state index is 0.319. The van der Waals surface area contributed by atoms with Gasteiger partial charge in [-0.1, -0.05) is 32.3 Å². The van der Waals surface area contributed by atoms with E-state index in [1.807, 2.05) is 6.08 Å². The maximum absolute atomic E-state index is 10.6. The number of ketones is 1. The van der Waals surface area contributed by atoms with Crippen LogP contribution in [-0.2, 0) is 4.79 Å². The topological polar surface area (TPSA) is 17.1 Å². The average molecular weight is 182 g/mol. The molecule has 0 saturated heterocycles. The number of hydrogen-bond donors (Lipinski definition) is 0. The average Bonchev–Trinajstić information content (AvgIpc) is 2.03. The number of Topliss-reactive ketones (excluding diaryl/α,β-unsaturated/α-hetero) is 1. The normalized spacial score (nSPS) is 12.5. The van der Waals surface area contributed by atoms with Crippen molar-refractivity contribution >= 4 is 5.78 Å². The molecule has 0 radical (unpaired) electrons. The molecule has 0 N–H and O–H groups in total. The van der Waals surface area contributed by atoms with E-state index in [2.05, 4.69) is 13.5 Å². The van der Waals surface area contributed by atoms with Gasteiger partial charge in [-0.05, 0) is 25.7 Å². The monoisotopic (exact) mass is 182 g/mol. The van der Waals surface area contributed by atoms with Gasteiger partial charge in [-0.15, -0.1) is 6.58 Å². The quantitative estimate of drug-likeness (QED) is 0.413. The zero-order chi connectivity index (χ0) is 10.1. The predicted octanol–water partition coefficient (Wildman–Crippen LogP) is 3.74. The van der Waals surface area contributed by atoms with Crippen LogP contribution in [0.5, 0.6) is 0 Å². The third-order valence-electron chi connectivity index (χ3n) is 2.29. The van der Waals surface area contributed by atoms with Gasteiger partial charge in [0.05, 0.1) is 0 Å². The Morgan fingerprint density at radius 2 is 2.08 bits per heavy atom. The first-order chi connectivity index (χ1) is 6.16. The molecule has 0 aromatic heterocycles. The van der Waals surface area contributed by atoms with Crippen LogP contribution in [-0.4, -0.2) is 5.78 Å². The lowest BCUT2D eigenvalue weighted by Gasteiger charge is -2.07. The van der Waals surface area contributed by atoms with Crippen molar-refractivity contribution in [3.63, 3.8) is 0 Å². The fourth-order valence-electron chi connectivity index (χ4n) is 1.45. The molecule has 1 nitrogen and oxygen atoms in total. The second kappa shape index (κ2) is 8.03. The molecule has 0 aromatic rings. The van der Waals surface area contributed by atoms with E-state index >= 15 is 0 Å². The molecular weight excluding hydrogens is 160 g/mol. The van der Waals surface area contributed by atoms with E-state index in [1.54, 1.807) is 6.92 Å². The van der Waals surface area contributed by atoms with Gasteiger partial charge in [0, 0.05) is 6.42 Å². The third-order valence-corrected chi connectivity index (χ3v) is 2.29. The maximum Gasteiger partial charge on any atom is 0.129 e. The first-order valence-electron chi connectivity index (χ1n) is 5.27. The molecule has 76 valence electrons. The highest BCUT2D eigenvalue weighted by atomic mass is 16.1. The zero-order valence-electron chi connectivity index (χ0n) is 9.01. The lowest BCUT2D eigenvalue weighted by molar-refractivity contribution is -0.117. The Balaban J connectivity index is 3.15. The summed E-state index contributed by atoms with van der Waals surface area (Å²) in [4.78, 5) is 10.6. The van der Waals surface area contributed by atoms with Crippen molar-refractivity contribution in [2.75, 3.05) is 0 Å². The third kappa shape index (κ3) is 9.32. The summed E-state index contributed by atoms with van der Waals surface area (Å²) in [6, 6.07) is 0. The molecule has 0 saturated carbocycles. The SMILES string of the molecule is C=CC[C@H](C)CCCCCC(C)=O. The summed E-state index contributed by atoms with van der Waals surface area (Å²) < 4.78 is 0. The standard InChI is InChI=1S/C12H22O/c1-4-8-11(2)9-6-5-7-10-12(3)13/h4,11H,1,5-10H2,2-3H3/t11-/m0/s1. The number of unbranched alkanes of at least 4 members (excludes halogenated alkanes) is 2. The van der Waals surface area contributed by atoms with Crippen molar-refractivity contribution in [1.29, 1.82) is 0 Å². The van der Waals surface area contributed by atoms with E-state index in [0.29, 0.717) is 5.78 Å². The summed E-state index contributed by atoms with van der Waals surface area (Å²) in [5.41, 5.74) is 0. The Morgan fingerprint density at radius 3 is 2.62 bits per heavy atom. The number of allylic oxidation sites excluding steroid dienone is 1. The van der Waals surface area contributed by atoms with Crippen LogP contribution < -0.4 is 0 Å². The van der Waals surface area contributed by atoms with E-state index in [1.165, 1.54) is 19.3 Å². The Bertz CT molecular complexity index is 149. The Hall–Kier alpha value is -0.590. The van der Waals surface area contributed by atoms with Crippen LogP contribution in [0.15, 0.2) is 12.7 Å².